The van der Waals surface area contributed by atoms with Crippen LogP contribution in [-0.4, -0.2) is 12.2 Å². The summed E-state index contributed by atoms with van der Waals surface area (Å²) in [6.45, 7) is 0. The highest BCUT2D eigenvalue weighted by Crippen LogP contribution is 2.22. The number of nitrogen functional groups attached to an aromatic ring is 1. The van der Waals surface area contributed by atoms with E-state index in [4.69, 9.17) is 17.3 Å². The van der Waals surface area contributed by atoms with Crippen molar-refractivity contribution in [2.75, 3.05) is 17.3 Å². The van der Waals surface area contributed by atoms with E-state index >= 15 is 0 Å². The lowest BCUT2D eigenvalue weighted by atomic mass is 10.2. The van der Waals surface area contributed by atoms with E-state index in [2.05, 4.69) is 5.32 Å². The molecule has 1 amide bonds. The molecule has 0 saturated carbocycles. The van der Waals surface area contributed by atoms with E-state index in [1.54, 1.807) is 30.0 Å². The van der Waals surface area contributed by atoms with Gasteiger partial charge in [-0.2, -0.15) is 0 Å². The first-order valence-electron chi connectivity index (χ1n) is 5.60. The molecule has 0 atom stereocenters. The number of hydrogen-bond acceptors (Lipinski definition) is 3. The molecule has 0 aliphatic rings. The van der Waals surface area contributed by atoms with Crippen LogP contribution in [0.4, 0.5) is 11.4 Å². The summed E-state index contributed by atoms with van der Waals surface area (Å²) in [5.41, 5.74) is 7.31. The number of thioether (sulfide) groups is 1. The van der Waals surface area contributed by atoms with Crippen LogP contribution >= 0.6 is 23.4 Å². The Labute approximate surface area is 121 Å². The molecule has 0 spiro atoms. The number of benzene rings is 2. The summed E-state index contributed by atoms with van der Waals surface area (Å²) in [5.74, 6) is -0.208. The zero-order valence-electron chi connectivity index (χ0n) is 10.3. The number of carbonyl (C=O) groups excluding carboxylic acids is 1. The Kier molecular flexibility index (Phi) is 4.35. The highest BCUT2D eigenvalue weighted by atomic mass is 35.5. The summed E-state index contributed by atoms with van der Waals surface area (Å²) in [6, 6.07) is 12.5. The van der Waals surface area contributed by atoms with Crippen LogP contribution in [0.1, 0.15) is 10.4 Å². The molecule has 0 aliphatic carbocycles. The molecule has 3 nitrogen and oxygen atoms in total. The van der Waals surface area contributed by atoms with Crippen LogP contribution in [0.5, 0.6) is 0 Å². The number of nitrogens with one attached hydrogen (secondary N) is 1. The van der Waals surface area contributed by atoms with Gasteiger partial charge in [0.05, 0.1) is 10.7 Å². The van der Waals surface area contributed by atoms with Gasteiger partial charge >= 0.3 is 0 Å². The lowest BCUT2D eigenvalue weighted by Gasteiger charge is -2.07. The highest BCUT2D eigenvalue weighted by molar-refractivity contribution is 7.98. The van der Waals surface area contributed by atoms with Crippen molar-refractivity contribution in [2.24, 2.45) is 0 Å². The molecule has 0 bridgehead atoms. The Balaban J connectivity index is 2.18. The van der Waals surface area contributed by atoms with Gasteiger partial charge in [0, 0.05) is 16.1 Å². The number of hydrogen-bond donors (Lipinski definition) is 2. The van der Waals surface area contributed by atoms with Crippen LogP contribution in [0, 0.1) is 0 Å². The van der Waals surface area contributed by atoms with Crippen LogP contribution < -0.4 is 11.1 Å². The largest absolute Gasteiger partial charge is 0.398 e. The summed E-state index contributed by atoms with van der Waals surface area (Å²) >= 11 is 7.52. The summed E-state index contributed by atoms with van der Waals surface area (Å²) < 4.78 is 0. The van der Waals surface area contributed by atoms with Gasteiger partial charge in [0.1, 0.15) is 0 Å². The zero-order valence-corrected chi connectivity index (χ0v) is 11.9. The SMILES string of the molecule is CSc1cccc(NC(=O)c2ccc(N)c(Cl)c2)c1. The average Bonchev–Trinajstić information content (AvgIpc) is 2.42. The lowest BCUT2D eigenvalue weighted by molar-refractivity contribution is 0.102. The number of anilines is 2. The summed E-state index contributed by atoms with van der Waals surface area (Å²) in [7, 11) is 0. The molecule has 0 saturated heterocycles. The second-order valence-electron chi connectivity index (χ2n) is 3.92. The Morgan fingerprint density at radius 2 is 2.05 bits per heavy atom. The van der Waals surface area contributed by atoms with E-state index in [0.29, 0.717) is 16.3 Å². The minimum Gasteiger partial charge on any atom is -0.398 e. The van der Waals surface area contributed by atoms with Crippen LogP contribution in [0.25, 0.3) is 0 Å². The zero-order chi connectivity index (χ0) is 13.8. The molecule has 0 heterocycles. The van der Waals surface area contributed by atoms with E-state index in [9.17, 15) is 4.79 Å². The molecule has 0 unspecified atom stereocenters. The van der Waals surface area contributed by atoms with Gasteiger partial charge in [0.25, 0.3) is 5.91 Å². The molecule has 0 aromatic heterocycles. The van der Waals surface area contributed by atoms with Gasteiger partial charge in [-0.3, -0.25) is 4.79 Å². The average molecular weight is 293 g/mol. The molecular weight excluding hydrogens is 280 g/mol. The summed E-state index contributed by atoms with van der Waals surface area (Å²) in [6.07, 6.45) is 1.99. The molecule has 2 aromatic carbocycles. The van der Waals surface area contributed by atoms with Crippen LogP contribution in [0.3, 0.4) is 0 Å². The molecule has 19 heavy (non-hydrogen) atoms. The van der Waals surface area contributed by atoms with Crippen molar-refractivity contribution in [3.05, 3.63) is 53.1 Å². The van der Waals surface area contributed by atoms with Crippen molar-refractivity contribution in [1.29, 1.82) is 0 Å². The van der Waals surface area contributed by atoms with Crippen LogP contribution in [-0.2, 0) is 0 Å². The molecule has 2 aromatic rings. The van der Waals surface area contributed by atoms with Gasteiger partial charge in [-0.15, -0.1) is 11.8 Å². The third-order valence-electron chi connectivity index (χ3n) is 2.59. The molecule has 98 valence electrons. The van der Waals surface area contributed by atoms with Crippen molar-refractivity contribution in [3.63, 3.8) is 0 Å². The van der Waals surface area contributed by atoms with Crippen molar-refractivity contribution >= 4 is 40.6 Å². The summed E-state index contributed by atoms with van der Waals surface area (Å²) in [4.78, 5) is 13.2. The number of amides is 1. The molecule has 2 rings (SSSR count). The molecule has 3 N–H and O–H groups in total. The minimum absolute atomic E-state index is 0.208. The van der Waals surface area contributed by atoms with Gasteiger partial charge in [0.2, 0.25) is 0 Å². The van der Waals surface area contributed by atoms with Crippen molar-refractivity contribution in [3.8, 4) is 0 Å². The van der Waals surface area contributed by atoms with Crippen LogP contribution in [0.15, 0.2) is 47.4 Å². The second-order valence-corrected chi connectivity index (χ2v) is 5.21. The first-order valence-corrected chi connectivity index (χ1v) is 7.21. The van der Waals surface area contributed by atoms with Gasteiger partial charge < -0.3 is 11.1 Å². The minimum atomic E-state index is -0.208. The highest BCUT2D eigenvalue weighted by Gasteiger charge is 2.08. The van der Waals surface area contributed by atoms with Crippen molar-refractivity contribution in [1.82, 2.24) is 0 Å². The molecule has 5 heteroatoms. The van der Waals surface area contributed by atoms with Crippen molar-refractivity contribution in [2.45, 2.75) is 4.90 Å². The predicted octanol–water partition coefficient (Wildman–Crippen LogP) is 3.90. The first kappa shape index (κ1) is 13.8. The normalized spacial score (nSPS) is 10.2. The lowest BCUT2D eigenvalue weighted by Crippen LogP contribution is -2.12. The number of carbonyl (C=O) groups is 1. The number of nitrogens with two attached hydrogens (primary N) is 1. The van der Waals surface area contributed by atoms with Crippen LogP contribution in [0.2, 0.25) is 5.02 Å². The van der Waals surface area contributed by atoms with E-state index in [1.165, 1.54) is 0 Å². The van der Waals surface area contributed by atoms with Gasteiger partial charge in [-0.05, 0) is 42.7 Å². The second kappa shape index (κ2) is 5.99. The van der Waals surface area contributed by atoms with E-state index in [-0.39, 0.29) is 5.91 Å². The number of halogens is 1. The van der Waals surface area contributed by atoms with E-state index in [0.717, 1.165) is 10.6 Å². The first-order chi connectivity index (χ1) is 9.10. The Morgan fingerprint density at radius 3 is 2.74 bits per heavy atom. The molecular formula is C14H13ClN2OS. The standard InChI is InChI=1S/C14H13ClN2OS/c1-19-11-4-2-3-10(8-11)17-14(18)9-5-6-13(16)12(15)7-9/h2-8H,16H2,1H3,(H,17,18). The summed E-state index contributed by atoms with van der Waals surface area (Å²) in [5, 5.41) is 3.21. The maximum absolute atomic E-state index is 12.1. The maximum atomic E-state index is 12.1. The van der Waals surface area contributed by atoms with Crippen molar-refractivity contribution < 1.29 is 4.79 Å². The monoisotopic (exact) mass is 292 g/mol. The molecule has 0 radical (unpaired) electrons. The third-order valence-corrected chi connectivity index (χ3v) is 3.64. The third kappa shape index (κ3) is 3.43. The maximum Gasteiger partial charge on any atom is 0.255 e. The molecule has 0 fully saturated rings. The molecule has 0 aliphatic heterocycles. The van der Waals surface area contributed by atoms with Gasteiger partial charge in [-0.1, -0.05) is 17.7 Å². The fourth-order valence-electron chi connectivity index (χ4n) is 1.57. The number of rotatable bonds is 3. The predicted molar refractivity (Wildman–Crippen MR) is 82.0 cm³/mol. The Hall–Kier alpha value is -1.65. The Morgan fingerprint density at radius 1 is 1.26 bits per heavy atom. The Bertz CT molecular complexity index is 616. The quantitative estimate of drug-likeness (QED) is 0.666. The van der Waals surface area contributed by atoms with E-state index < -0.39 is 0 Å². The topological polar surface area (TPSA) is 55.1 Å². The fraction of sp³-hybridized carbons (Fsp3) is 0.0714. The van der Waals surface area contributed by atoms with Gasteiger partial charge in [0.15, 0.2) is 0 Å². The fourth-order valence-corrected chi connectivity index (χ4v) is 2.21. The van der Waals surface area contributed by atoms with Gasteiger partial charge in [-0.25, -0.2) is 0 Å². The smallest absolute Gasteiger partial charge is 0.255 e. The van der Waals surface area contributed by atoms with E-state index in [1.807, 2.05) is 30.5 Å².